The number of benzene rings is 1. The van der Waals surface area contributed by atoms with Crippen LogP contribution in [0.4, 0.5) is 0 Å². The average Bonchev–Trinajstić information content (AvgIpc) is 2.49. The molecule has 1 heterocycles. The minimum Gasteiger partial charge on any atom is -0.459 e. The summed E-state index contributed by atoms with van der Waals surface area (Å²) >= 11 is 5.99. The topological polar surface area (TPSA) is 26.3 Å². The Kier molecular flexibility index (Phi) is 2.78. The van der Waals surface area contributed by atoms with Crippen LogP contribution in [0, 0.1) is 0 Å². The van der Waals surface area contributed by atoms with Gasteiger partial charge in [-0.15, -0.1) is 0 Å². The second kappa shape index (κ2) is 4.07. The molecule has 0 aliphatic carbocycles. The molecule has 1 aliphatic rings. The maximum atomic E-state index is 11.4. The van der Waals surface area contributed by atoms with Crippen molar-refractivity contribution in [2.45, 2.75) is 19.4 Å². The molecule has 1 aliphatic heterocycles. The van der Waals surface area contributed by atoms with Crippen LogP contribution < -0.4 is 0 Å². The van der Waals surface area contributed by atoms with Gasteiger partial charge < -0.3 is 4.74 Å². The molecule has 1 saturated heterocycles. The van der Waals surface area contributed by atoms with E-state index in [1.807, 2.05) is 25.1 Å². The van der Waals surface area contributed by atoms with E-state index in [9.17, 15) is 4.79 Å². The van der Waals surface area contributed by atoms with E-state index in [0.717, 1.165) is 5.56 Å². The molecule has 0 spiro atoms. The van der Waals surface area contributed by atoms with Crippen LogP contribution in [-0.4, -0.2) is 12.1 Å². The van der Waals surface area contributed by atoms with Crippen molar-refractivity contribution in [3.05, 3.63) is 40.4 Å². The van der Waals surface area contributed by atoms with Crippen LogP contribution in [-0.2, 0) is 9.53 Å². The lowest BCUT2D eigenvalue weighted by Gasteiger charge is -1.97. The third-order valence-electron chi connectivity index (χ3n) is 2.31. The van der Waals surface area contributed by atoms with E-state index < -0.39 is 0 Å². The summed E-state index contributed by atoms with van der Waals surface area (Å²) in [5, 5.41) is 0.650. The summed E-state index contributed by atoms with van der Waals surface area (Å²) < 4.78 is 5.04. The van der Waals surface area contributed by atoms with Crippen LogP contribution in [0.2, 0.25) is 5.02 Å². The molecule has 0 N–H and O–H groups in total. The second-order valence-electron chi connectivity index (χ2n) is 3.61. The number of esters is 1. The first kappa shape index (κ1) is 10.2. The number of cyclic esters (lactones) is 1. The van der Waals surface area contributed by atoms with Crippen molar-refractivity contribution in [2.75, 3.05) is 0 Å². The first-order chi connectivity index (χ1) is 7.16. The second-order valence-corrected chi connectivity index (χ2v) is 4.02. The van der Waals surface area contributed by atoms with Gasteiger partial charge in [-0.25, -0.2) is 4.79 Å². The lowest BCUT2D eigenvalue weighted by Crippen LogP contribution is -1.99. The van der Waals surface area contributed by atoms with Crippen molar-refractivity contribution in [3.8, 4) is 0 Å². The van der Waals surface area contributed by atoms with Crippen LogP contribution in [0.1, 0.15) is 18.9 Å². The third-order valence-corrected chi connectivity index (χ3v) is 2.66. The summed E-state index contributed by atoms with van der Waals surface area (Å²) in [7, 11) is 0. The van der Waals surface area contributed by atoms with Gasteiger partial charge in [0.1, 0.15) is 6.10 Å². The van der Waals surface area contributed by atoms with E-state index in [2.05, 4.69) is 0 Å². The summed E-state index contributed by atoms with van der Waals surface area (Å²) in [6, 6.07) is 7.44. The van der Waals surface area contributed by atoms with Crippen molar-refractivity contribution in [1.29, 1.82) is 0 Å². The van der Waals surface area contributed by atoms with Gasteiger partial charge in [0.15, 0.2) is 0 Å². The number of rotatable bonds is 1. The van der Waals surface area contributed by atoms with Gasteiger partial charge in [-0.3, -0.25) is 0 Å². The highest BCUT2D eigenvalue weighted by molar-refractivity contribution is 6.32. The van der Waals surface area contributed by atoms with Crippen LogP contribution in [0.25, 0.3) is 6.08 Å². The molecule has 1 atom stereocenters. The van der Waals surface area contributed by atoms with Gasteiger partial charge in [-0.1, -0.05) is 29.8 Å². The molecule has 0 amide bonds. The Morgan fingerprint density at radius 3 is 2.80 bits per heavy atom. The number of hydrogen-bond acceptors (Lipinski definition) is 2. The monoisotopic (exact) mass is 222 g/mol. The normalized spacial score (nSPS) is 23.2. The Hall–Kier alpha value is -1.28. The number of carbonyl (C=O) groups excluding carboxylic acids is 1. The van der Waals surface area contributed by atoms with Crippen molar-refractivity contribution in [3.63, 3.8) is 0 Å². The van der Waals surface area contributed by atoms with Crippen molar-refractivity contribution >= 4 is 23.6 Å². The fraction of sp³-hybridized carbons (Fsp3) is 0.250. The molecule has 1 aromatic carbocycles. The number of hydrogen-bond donors (Lipinski definition) is 0. The molecule has 0 radical (unpaired) electrons. The molecule has 15 heavy (non-hydrogen) atoms. The zero-order valence-electron chi connectivity index (χ0n) is 8.37. The summed E-state index contributed by atoms with van der Waals surface area (Å²) in [5.74, 6) is -0.234. The van der Waals surface area contributed by atoms with Gasteiger partial charge >= 0.3 is 5.97 Å². The summed E-state index contributed by atoms with van der Waals surface area (Å²) in [6.07, 6.45) is 2.43. The molecule has 0 unspecified atom stereocenters. The first-order valence-corrected chi connectivity index (χ1v) is 5.20. The molecule has 0 aromatic heterocycles. The fourth-order valence-electron chi connectivity index (χ4n) is 1.59. The van der Waals surface area contributed by atoms with E-state index in [1.54, 1.807) is 12.1 Å². The van der Waals surface area contributed by atoms with E-state index in [-0.39, 0.29) is 12.1 Å². The smallest absolute Gasteiger partial charge is 0.334 e. The fourth-order valence-corrected chi connectivity index (χ4v) is 1.78. The Labute approximate surface area is 93.5 Å². The predicted octanol–water partition coefficient (Wildman–Crippen LogP) is 3.06. The molecule has 1 aromatic rings. The highest BCUT2D eigenvalue weighted by atomic mass is 35.5. The number of halogens is 1. The molecule has 0 bridgehead atoms. The highest BCUT2D eigenvalue weighted by Crippen LogP contribution is 2.25. The van der Waals surface area contributed by atoms with Gasteiger partial charge in [0.2, 0.25) is 0 Å². The number of carbonyl (C=O) groups is 1. The Morgan fingerprint density at radius 2 is 2.20 bits per heavy atom. The standard InChI is InChI=1S/C12H11ClO2/c1-8-6-10(12(14)15-8)7-9-4-2-3-5-11(9)13/h2-5,7-8H,6H2,1H3/t8-/m1/s1. The minimum absolute atomic E-state index is 0.0220. The van der Waals surface area contributed by atoms with Crippen molar-refractivity contribution < 1.29 is 9.53 Å². The Bertz CT molecular complexity index is 423. The highest BCUT2D eigenvalue weighted by Gasteiger charge is 2.25. The predicted molar refractivity (Wildman–Crippen MR) is 59.6 cm³/mol. The van der Waals surface area contributed by atoms with E-state index in [0.29, 0.717) is 17.0 Å². The largest absolute Gasteiger partial charge is 0.459 e. The van der Waals surface area contributed by atoms with E-state index >= 15 is 0 Å². The van der Waals surface area contributed by atoms with Crippen LogP contribution in [0.3, 0.4) is 0 Å². The molecule has 2 nitrogen and oxygen atoms in total. The molecule has 3 heteroatoms. The number of ether oxygens (including phenoxy) is 1. The molecule has 0 saturated carbocycles. The third kappa shape index (κ3) is 2.21. The molecule has 1 fully saturated rings. The summed E-state index contributed by atoms with van der Waals surface area (Å²) in [4.78, 5) is 11.4. The molecule has 2 rings (SSSR count). The minimum atomic E-state index is -0.234. The Morgan fingerprint density at radius 1 is 1.47 bits per heavy atom. The lowest BCUT2D eigenvalue weighted by atomic mass is 10.1. The van der Waals surface area contributed by atoms with Gasteiger partial charge in [0.25, 0.3) is 0 Å². The summed E-state index contributed by atoms with van der Waals surface area (Å²) in [6.45, 7) is 1.88. The Balaban J connectivity index is 2.31. The lowest BCUT2D eigenvalue weighted by molar-refractivity contribution is -0.138. The van der Waals surface area contributed by atoms with Crippen molar-refractivity contribution in [2.24, 2.45) is 0 Å². The van der Waals surface area contributed by atoms with E-state index in [1.165, 1.54) is 0 Å². The summed E-state index contributed by atoms with van der Waals surface area (Å²) in [5.41, 5.74) is 1.55. The maximum absolute atomic E-state index is 11.4. The van der Waals surface area contributed by atoms with Crippen molar-refractivity contribution in [1.82, 2.24) is 0 Å². The maximum Gasteiger partial charge on any atom is 0.334 e. The van der Waals surface area contributed by atoms with Crippen LogP contribution in [0.15, 0.2) is 29.8 Å². The zero-order chi connectivity index (χ0) is 10.8. The SMILES string of the molecule is C[C@@H]1CC(=Cc2ccccc2Cl)C(=O)O1. The van der Waals surface area contributed by atoms with Gasteiger partial charge in [-0.2, -0.15) is 0 Å². The quantitative estimate of drug-likeness (QED) is 0.539. The van der Waals surface area contributed by atoms with Crippen LogP contribution in [0.5, 0.6) is 0 Å². The molecular formula is C12H11ClO2. The van der Waals surface area contributed by atoms with Crippen LogP contribution >= 0.6 is 11.6 Å². The van der Waals surface area contributed by atoms with Gasteiger partial charge in [0.05, 0.1) is 0 Å². The first-order valence-electron chi connectivity index (χ1n) is 4.83. The van der Waals surface area contributed by atoms with Gasteiger partial charge in [0, 0.05) is 17.0 Å². The molecule has 78 valence electrons. The van der Waals surface area contributed by atoms with Gasteiger partial charge in [-0.05, 0) is 24.6 Å². The zero-order valence-corrected chi connectivity index (χ0v) is 9.12. The van der Waals surface area contributed by atoms with E-state index in [4.69, 9.17) is 16.3 Å². The average molecular weight is 223 g/mol. The molecular weight excluding hydrogens is 212 g/mol.